The van der Waals surface area contributed by atoms with Crippen molar-refractivity contribution in [1.82, 2.24) is 20.0 Å². The normalized spacial score (nSPS) is 14.1. The van der Waals surface area contributed by atoms with Gasteiger partial charge in [0.15, 0.2) is 6.61 Å². The molecule has 7 nitrogen and oxygen atoms in total. The highest BCUT2D eigenvalue weighted by atomic mass is 16.5. The molecule has 0 spiro atoms. The fraction of sp³-hybridized carbons (Fsp3) is 0.263. The molecule has 0 radical (unpaired) electrons. The van der Waals surface area contributed by atoms with Gasteiger partial charge in [-0.1, -0.05) is 22.9 Å². The van der Waals surface area contributed by atoms with Crippen LogP contribution < -0.4 is 4.74 Å². The first-order chi connectivity index (χ1) is 12.7. The molecule has 2 aromatic heterocycles. The third-order valence-electron chi connectivity index (χ3n) is 4.33. The molecule has 0 saturated carbocycles. The van der Waals surface area contributed by atoms with E-state index in [2.05, 4.69) is 15.1 Å². The number of carbonyl (C=O) groups excluding carboxylic acids is 1. The van der Waals surface area contributed by atoms with Crippen LogP contribution in [0.15, 0.2) is 53.3 Å². The molecular weight excluding hydrogens is 332 g/mol. The molecule has 0 unspecified atom stereocenters. The summed E-state index contributed by atoms with van der Waals surface area (Å²) in [5.41, 5.74) is 1.96. The minimum absolute atomic E-state index is 0.0283. The van der Waals surface area contributed by atoms with Crippen LogP contribution in [-0.2, 0) is 4.79 Å². The number of carbonyl (C=O) groups is 1. The number of pyridine rings is 1. The van der Waals surface area contributed by atoms with Crippen molar-refractivity contribution in [3.63, 3.8) is 0 Å². The number of benzene rings is 1. The van der Waals surface area contributed by atoms with Gasteiger partial charge in [0.25, 0.3) is 5.91 Å². The predicted octanol–water partition coefficient (Wildman–Crippen LogP) is 2.44. The van der Waals surface area contributed by atoms with Crippen molar-refractivity contribution < 1.29 is 14.1 Å². The van der Waals surface area contributed by atoms with Gasteiger partial charge in [0.1, 0.15) is 5.75 Å². The SMILES string of the molecule is Cc1ccc(OCC(=O)N2CC(c3nc(-c4cccnc4)no3)C2)cc1. The highest BCUT2D eigenvalue weighted by Gasteiger charge is 2.35. The second-order valence-corrected chi connectivity index (χ2v) is 6.30. The van der Waals surface area contributed by atoms with E-state index < -0.39 is 0 Å². The number of aromatic nitrogens is 3. The zero-order valence-electron chi connectivity index (χ0n) is 14.3. The van der Waals surface area contributed by atoms with Crippen molar-refractivity contribution in [2.75, 3.05) is 19.7 Å². The maximum Gasteiger partial charge on any atom is 0.260 e. The maximum atomic E-state index is 12.2. The number of aryl methyl sites for hydroxylation is 1. The lowest BCUT2D eigenvalue weighted by atomic mass is 10.0. The van der Waals surface area contributed by atoms with E-state index >= 15 is 0 Å². The van der Waals surface area contributed by atoms with Gasteiger partial charge in [-0.25, -0.2) is 0 Å². The second kappa shape index (κ2) is 6.95. The molecule has 0 atom stereocenters. The molecule has 26 heavy (non-hydrogen) atoms. The first-order valence-electron chi connectivity index (χ1n) is 8.40. The molecule has 4 rings (SSSR count). The highest BCUT2D eigenvalue weighted by molar-refractivity contribution is 5.78. The minimum Gasteiger partial charge on any atom is -0.484 e. The van der Waals surface area contributed by atoms with E-state index in [4.69, 9.17) is 9.26 Å². The van der Waals surface area contributed by atoms with Crippen LogP contribution in [0.3, 0.4) is 0 Å². The molecule has 0 N–H and O–H groups in total. The maximum absolute atomic E-state index is 12.2. The Hall–Kier alpha value is -3.22. The Labute approximate surface area is 150 Å². The van der Waals surface area contributed by atoms with Crippen molar-refractivity contribution in [2.24, 2.45) is 0 Å². The Morgan fingerprint density at radius 2 is 2.08 bits per heavy atom. The number of hydrogen-bond acceptors (Lipinski definition) is 6. The smallest absolute Gasteiger partial charge is 0.260 e. The van der Waals surface area contributed by atoms with E-state index in [1.165, 1.54) is 0 Å². The summed E-state index contributed by atoms with van der Waals surface area (Å²) < 4.78 is 10.9. The van der Waals surface area contributed by atoms with Crippen molar-refractivity contribution in [3.8, 4) is 17.1 Å². The fourth-order valence-corrected chi connectivity index (χ4v) is 2.72. The standard InChI is InChI=1S/C19H18N4O3/c1-13-4-6-16(7-5-13)25-12-17(24)23-10-15(11-23)19-21-18(22-26-19)14-3-2-8-20-9-14/h2-9,15H,10-12H2,1H3. The number of nitrogens with zero attached hydrogens (tertiary/aromatic N) is 4. The van der Waals surface area contributed by atoms with Crippen molar-refractivity contribution in [2.45, 2.75) is 12.8 Å². The van der Waals surface area contributed by atoms with E-state index in [0.29, 0.717) is 30.6 Å². The number of rotatable bonds is 5. The van der Waals surface area contributed by atoms with Gasteiger partial charge >= 0.3 is 0 Å². The molecule has 0 aliphatic carbocycles. The zero-order chi connectivity index (χ0) is 17.9. The Balaban J connectivity index is 1.29. The third kappa shape index (κ3) is 3.42. The molecule has 1 aliphatic rings. The highest BCUT2D eigenvalue weighted by Crippen LogP contribution is 2.27. The van der Waals surface area contributed by atoms with Crippen LogP contribution in [0.25, 0.3) is 11.4 Å². The summed E-state index contributed by atoms with van der Waals surface area (Å²) in [6.45, 7) is 3.16. The Morgan fingerprint density at radius 1 is 1.27 bits per heavy atom. The van der Waals surface area contributed by atoms with E-state index in [9.17, 15) is 4.79 Å². The quantitative estimate of drug-likeness (QED) is 0.703. The minimum atomic E-state index is -0.0474. The monoisotopic (exact) mass is 350 g/mol. The van der Waals surface area contributed by atoms with E-state index in [0.717, 1.165) is 11.1 Å². The number of likely N-dealkylation sites (tertiary alicyclic amines) is 1. The fourth-order valence-electron chi connectivity index (χ4n) is 2.72. The summed E-state index contributed by atoms with van der Waals surface area (Å²) in [6, 6.07) is 11.3. The molecule has 1 fully saturated rings. The molecule has 3 aromatic rings. The Bertz CT molecular complexity index is 887. The lowest BCUT2D eigenvalue weighted by Gasteiger charge is -2.36. The van der Waals surface area contributed by atoms with Crippen molar-refractivity contribution >= 4 is 5.91 Å². The van der Waals surface area contributed by atoms with Crippen LogP contribution in [0.1, 0.15) is 17.4 Å². The molecule has 1 aromatic carbocycles. The third-order valence-corrected chi connectivity index (χ3v) is 4.33. The van der Waals surface area contributed by atoms with Crippen LogP contribution in [-0.4, -0.2) is 45.6 Å². The first kappa shape index (κ1) is 16.3. The summed E-state index contributed by atoms with van der Waals surface area (Å²) in [5.74, 6) is 1.78. The number of ether oxygens (including phenoxy) is 1. The van der Waals surface area contributed by atoms with Gasteiger partial charge < -0.3 is 14.2 Å². The first-order valence-corrected chi connectivity index (χ1v) is 8.40. The van der Waals surface area contributed by atoms with E-state index in [-0.39, 0.29) is 18.4 Å². The lowest BCUT2D eigenvalue weighted by Crippen LogP contribution is -2.50. The molecule has 0 bridgehead atoms. The topological polar surface area (TPSA) is 81.4 Å². The van der Waals surface area contributed by atoms with Crippen LogP contribution in [0.2, 0.25) is 0 Å². The summed E-state index contributed by atoms with van der Waals surface area (Å²) in [4.78, 5) is 22.4. The lowest BCUT2D eigenvalue weighted by molar-refractivity contribution is -0.138. The molecule has 1 amide bonds. The van der Waals surface area contributed by atoms with Gasteiger partial charge in [0, 0.05) is 31.0 Å². The van der Waals surface area contributed by atoms with Crippen LogP contribution in [0, 0.1) is 6.92 Å². The van der Waals surface area contributed by atoms with E-state index in [1.54, 1.807) is 17.3 Å². The average Bonchev–Trinajstić information content (AvgIpc) is 3.10. The zero-order valence-corrected chi connectivity index (χ0v) is 14.3. The Morgan fingerprint density at radius 3 is 2.81 bits per heavy atom. The molecule has 1 aliphatic heterocycles. The Kier molecular flexibility index (Phi) is 4.35. The van der Waals surface area contributed by atoms with Crippen LogP contribution >= 0.6 is 0 Å². The summed E-state index contributed by atoms with van der Waals surface area (Å²) in [7, 11) is 0. The van der Waals surface area contributed by atoms with Gasteiger partial charge in [0.05, 0.1) is 5.92 Å². The van der Waals surface area contributed by atoms with Crippen molar-refractivity contribution in [1.29, 1.82) is 0 Å². The summed E-state index contributed by atoms with van der Waals surface area (Å²) >= 11 is 0. The van der Waals surface area contributed by atoms with Crippen molar-refractivity contribution in [3.05, 3.63) is 60.2 Å². The molecule has 132 valence electrons. The van der Waals surface area contributed by atoms with Gasteiger partial charge in [0.2, 0.25) is 11.7 Å². The van der Waals surface area contributed by atoms with Gasteiger partial charge in [-0.2, -0.15) is 4.98 Å². The van der Waals surface area contributed by atoms with Gasteiger partial charge in [-0.15, -0.1) is 0 Å². The van der Waals surface area contributed by atoms with E-state index in [1.807, 2.05) is 43.3 Å². The molecular formula is C19H18N4O3. The predicted molar refractivity (Wildman–Crippen MR) is 93.5 cm³/mol. The molecule has 3 heterocycles. The number of hydrogen-bond donors (Lipinski definition) is 0. The summed E-state index contributed by atoms with van der Waals surface area (Å²) in [5, 5.41) is 3.99. The average molecular weight is 350 g/mol. The van der Waals surface area contributed by atoms with Gasteiger partial charge in [-0.05, 0) is 31.2 Å². The van der Waals surface area contributed by atoms with Crippen LogP contribution in [0.5, 0.6) is 5.75 Å². The molecule has 7 heteroatoms. The second-order valence-electron chi connectivity index (χ2n) is 6.30. The largest absolute Gasteiger partial charge is 0.484 e. The molecule has 1 saturated heterocycles. The number of amides is 1. The van der Waals surface area contributed by atoms with Gasteiger partial charge in [-0.3, -0.25) is 9.78 Å². The van der Waals surface area contributed by atoms with Crippen LogP contribution in [0.4, 0.5) is 0 Å². The summed E-state index contributed by atoms with van der Waals surface area (Å²) in [6.07, 6.45) is 3.38.